The van der Waals surface area contributed by atoms with Gasteiger partial charge in [-0.05, 0) is 56.3 Å². The maximum atomic E-state index is 13.9. The standard InChI is InChI=1S/C28H26FN7S2/c1-20(26-17-32-36(21(26)2)23-7-3-6-22(29)16-23)33(18-24-8-4-12-34(24)27-30-10-14-37-27)19-25-9-5-13-35(25)28-31-11-15-38-28/h3-17,20H,18-19H2,1-2H3/t20-/m0/s1. The minimum atomic E-state index is -0.278. The van der Waals surface area contributed by atoms with Crippen LogP contribution >= 0.6 is 22.7 Å². The first-order valence-corrected chi connectivity index (χ1v) is 14.0. The molecule has 1 aromatic carbocycles. The number of rotatable bonds is 9. The highest BCUT2D eigenvalue weighted by Gasteiger charge is 2.24. The molecule has 0 aliphatic heterocycles. The Morgan fingerprint density at radius 2 is 1.53 bits per heavy atom. The summed E-state index contributed by atoms with van der Waals surface area (Å²) in [6.07, 6.45) is 9.67. The minimum absolute atomic E-state index is 0.0246. The van der Waals surface area contributed by atoms with Crippen molar-refractivity contribution >= 4 is 22.7 Å². The van der Waals surface area contributed by atoms with Gasteiger partial charge in [-0.25, -0.2) is 19.0 Å². The quantitative estimate of drug-likeness (QED) is 0.207. The Kier molecular flexibility index (Phi) is 6.75. The largest absolute Gasteiger partial charge is 0.296 e. The third-order valence-electron chi connectivity index (χ3n) is 6.75. The van der Waals surface area contributed by atoms with E-state index in [2.05, 4.69) is 72.7 Å². The van der Waals surface area contributed by atoms with Crippen LogP contribution in [0.4, 0.5) is 4.39 Å². The monoisotopic (exact) mass is 543 g/mol. The molecule has 7 nitrogen and oxygen atoms in total. The van der Waals surface area contributed by atoms with E-state index in [1.54, 1.807) is 28.7 Å². The van der Waals surface area contributed by atoms with Crippen molar-refractivity contribution < 1.29 is 4.39 Å². The number of hydrogen-bond acceptors (Lipinski definition) is 6. The van der Waals surface area contributed by atoms with Crippen molar-refractivity contribution in [3.05, 3.63) is 119 Å². The zero-order valence-corrected chi connectivity index (χ0v) is 22.6. The first kappa shape index (κ1) is 24.5. The lowest BCUT2D eigenvalue weighted by Gasteiger charge is -2.30. The first-order chi connectivity index (χ1) is 18.6. The van der Waals surface area contributed by atoms with Crippen LogP contribution in [0, 0.1) is 12.7 Å². The van der Waals surface area contributed by atoms with Crippen molar-refractivity contribution in [3.8, 4) is 16.0 Å². The molecule has 0 bridgehead atoms. The smallest absolute Gasteiger partial charge is 0.193 e. The van der Waals surface area contributed by atoms with E-state index in [-0.39, 0.29) is 11.9 Å². The summed E-state index contributed by atoms with van der Waals surface area (Å²) in [5.41, 5.74) is 5.08. The van der Waals surface area contributed by atoms with Gasteiger partial charge < -0.3 is 0 Å². The SMILES string of the molecule is Cc1c([C@H](C)N(Cc2cccn2-c2nccs2)Cc2cccn2-c2nccs2)cnn1-c1cccc(F)c1. The van der Waals surface area contributed by atoms with Gasteiger partial charge in [-0.3, -0.25) is 14.0 Å². The Hall–Kier alpha value is -3.86. The van der Waals surface area contributed by atoms with Gasteiger partial charge in [0.2, 0.25) is 0 Å². The van der Waals surface area contributed by atoms with Gasteiger partial charge in [0, 0.05) is 77.3 Å². The number of thiazole rings is 2. The topological polar surface area (TPSA) is 56.7 Å². The van der Waals surface area contributed by atoms with E-state index in [0.29, 0.717) is 18.8 Å². The highest BCUT2D eigenvalue weighted by atomic mass is 32.1. The van der Waals surface area contributed by atoms with Gasteiger partial charge in [-0.1, -0.05) is 6.07 Å². The second kappa shape index (κ2) is 10.5. The molecule has 0 unspecified atom stereocenters. The maximum Gasteiger partial charge on any atom is 0.193 e. The molecule has 5 aromatic heterocycles. The maximum absolute atomic E-state index is 13.9. The van der Waals surface area contributed by atoms with Crippen LogP contribution in [0.25, 0.3) is 16.0 Å². The Balaban J connectivity index is 1.36. The van der Waals surface area contributed by atoms with Crippen LogP contribution in [0.3, 0.4) is 0 Å². The fourth-order valence-electron chi connectivity index (χ4n) is 4.78. The van der Waals surface area contributed by atoms with E-state index in [9.17, 15) is 4.39 Å². The summed E-state index contributed by atoms with van der Waals surface area (Å²) in [7, 11) is 0. The molecule has 1 atom stereocenters. The summed E-state index contributed by atoms with van der Waals surface area (Å²) < 4.78 is 20.0. The fourth-order valence-corrected chi connectivity index (χ4v) is 6.09. The van der Waals surface area contributed by atoms with Gasteiger partial charge in [0.25, 0.3) is 0 Å². The molecule has 0 fully saturated rings. The van der Waals surface area contributed by atoms with Gasteiger partial charge in [-0.15, -0.1) is 22.7 Å². The third kappa shape index (κ3) is 4.73. The summed E-state index contributed by atoms with van der Waals surface area (Å²) in [5, 5.41) is 10.5. The summed E-state index contributed by atoms with van der Waals surface area (Å²) in [6.45, 7) is 5.63. The van der Waals surface area contributed by atoms with Crippen LogP contribution in [0.1, 0.15) is 35.6 Å². The first-order valence-electron chi connectivity index (χ1n) is 12.2. The molecule has 0 aliphatic carbocycles. The lowest BCUT2D eigenvalue weighted by molar-refractivity contribution is 0.185. The molecule has 0 radical (unpaired) electrons. The zero-order valence-electron chi connectivity index (χ0n) is 21.0. The van der Waals surface area contributed by atoms with Crippen LogP contribution in [0.5, 0.6) is 0 Å². The Labute approximate surface area is 228 Å². The van der Waals surface area contributed by atoms with Gasteiger partial charge in [0.15, 0.2) is 10.3 Å². The Morgan fingerprint density at radius 1 is 0.895 bits per heavy atom. The summed E-state index contributed by atoms with van der Waals surface area (Å²) in [6, 6.07) is 15.0. The minimum Gasteiger partial charge on any atom is -0.296 e. The summed E-state index contributed by atoms with van der Waals surface area (Å²) in [5.74, 6) is -0.278. The zero-order chi connectivity index (χ0) is 26.1. The van der Waals surface area contributed by atoms with Crippen molar-refractivity contribution in [2.24, 2.45) is 0 Å². The predicted octanol–water partition coefficient (Wildman–Crippen LogP) is 6.58. The van der Waals surface area contributed by atoms with Crippen LogP contribution in [-0.4, -0.2) is 33.8 Å². The molecule has 6 rings (SSSR count). The molecule has 192 valence electrons. The number of aromatic nitrogens is 6. The average Bonchev–Trinajstić information content (AvgIpc) is 3.74. The van der Waals surface area contributed by atoms with Crippen LogP contribution in [0.2, 0.25) is 0 Å². The number of benzene rings is 1. The van der Waals surface area contributed by atoms with E-state index in [4.69, 9.17) is 0 Å². The average molecular weight is 544 g/mol. The summed E-state index contributed by atoms with van der Waals surface area (Å²) >= 11 is 3.23. The second-order valence-corrected chi connectivity index (χ2v) is 10.8. The fraction of sp³-hybridized carbons (Fsp3) is 0.179. The Bertz CT molecular complexity index is 1550. The molecule has 0 N–H and O–H groups in total. The van der Waals surface area contributed by atoms with Crippen molar-refractivity contribution in [1.82, 2.24) is 33.8 Å². The number of nitrogens with zero attached hydrogens (tertiary/aromatic N) is 7. The van der Waals surface area contributed by atoms with Crippen molar-refractivity contribution in [1.29, 1.82) is 0 Å². The Morgan fingerprint density at radius 3 is 2.08 bits per heavy atom. The lowest BCUT2D eigenvalue weighted by atomic mass is 10.1. The van der Waals surface area contributed by atoms with Crippen molar-refractivity contribution in [3.63, 3.8) is 0 Å². The molecule has 0 aliphatic rings. The molecule has 0 spiro atoms. The molecule has 0 saturated carbocycles. The third-order valence-corrected chi connectivity index (χ3v) is 8.29. The molecule has 0 saturated heterocycles. The van der Waals surface area contributed by atoms with E-state index in [1.165, 1.54) is 12.1 Å². The van der Waals surface area contributed by atoms with Crippen LogP contribution in [0.15, 0.2) is 90.3 Å². The van der Waals surface area contributed by atoms with Crippen LogP contribution in [-0.2, 0) is 13.1 Å². The van der Waals surface area contributed by atoms with Crippen molar-refractivity contribution in [2.75, 3.05) is 0 Å². The van der Waals surface area contributed by atoms with E-state index in [0.717, 1.165) is 32.9 Å². The van der Waals surface area contributed by atoms with E-state index >= 15 is 0 Å². The van der Waals surface area contributed by atoms with E-state index in [1.807, 2.05) is 47.0 Å². The molecular weight excluding hydrogens is 517 g/mol. The van der Waals surface area contributed by atoms with E-state index < -0.39 is 0 Å². The molecular formula is C28H26FN7S2. The highest BCUT2D eigenvalue weighted by molar-refractivity contribution is 7.12. The van der Waals surface area contributed by atoms with Crippen LogP contribution < -0.4 is 0 Å². The number of hydrogen-bond donors (Lipinski definition) is 0. The van der Waals surface area contributed by atoms with Gasteiger partial charge in [0.05, 0.1) is 11.9 Å². The molecule has 38 heavy (non-hydrogen) atoms. The highest BCUT2D eigenvalue weighted by Crippen LogP contribution is 2.30. The van der Waals surface area contributed by atoms with Gasteiger partial charge >= 0.3 is 0 Å². The lowest BCUT2D eigenvalue weighted by Crippen LogP contribution is -2.28. The predicted molar refractivity (Wildman–Crippen MR) is 149 cm³/mol. The summed E-state index contributed by atoms with van der Waals surface area (Å²) in [4.78, 5) is 11.5. The second-order valence-electron chi connectivity index (χ2n) is 9.03. The molecule has 6 aromatic rings. The van der Waals surface area contributed by atoms with Gasteiger partial charge in [-0.2, -0.15) is 5.10 Å². The molecule has 10 heteroatoms. The molecule has 5 heterocycles. The van der Waals surface area contributed by atoms with Gasteiger partial charge in [0.1, 0.15) is 5.82 Å². The normalized spacial score (nSPS) is 12.4. The molecule has 0 amide bonds. The van der Waals surface area contributed by atoms with Crippen molar-refractivity contribution in [2.45, 2.75) is 33.0 Å². The number of halogens is 1.